The van der Waals surface area contributed by atoms with Gasteiger partial charge in [0.25, 0.3) is 5.09 Å². The molecule has 64 valence electrons. The highest BCUT2D eigenvalue weighted by molar-refractivity contribution is 4.74. The summed E-state index contributed by atoms with van der Waals surface area (Å²) < 4.78 is 4.94. The number of hydrogen-bond acceptors (Lipinski definition) is 5. The van der Waals surface area contributed by atoms with Crippen molar-refractivity contribution in [2.24, 2.45) is 0 Å². The standard InChI is InChI=1S/C5H9NO5/c7-3-5-4(1-2-10-5)11-6(8)9/h4-5,7H,1-3H2. The summed E-state index contributed by atoms with van der Waals surface area (Å²) in [4.78, 5) is 14.1. The van der Waals surface area contributed by atoms with Crippen molar-refractivity contribution in [1.29, 1.82) is 0 Å². The molecule has 11 heavy (non-hydrogen) atoms. The molecule has 0 aromatic rings. The van der Waals surface area contributed by atoms with Gasteiger partial charge in [-0.2, -0.15) is 0 Å². The van der Waals surface area contributed by atoms with E-state index in [0.717, 1.165) is 0 Å². The van der Waals surface area contributed by atoms with Gasteiger partial charge in [-0.15, -0.1) is 10.1 Å². The van der Waals surface area contributed by atoms with Gasteiger partial charge in [0.15, 0.2) is 0 Å². The number of ether oxygens (including phenoxy) is 1. The number of aliphatic hydroxyl groups is 1. The minimum absolute atomic E-state index is 0.238. The molecule has 2 unspecified atom stereocenters. The van der Waals surface area contributed by atoms with E-state index in [1.807, 2.05) is 0 Å². The van der Waals surface area contributed by atoms with Crippen molar-refractivity contribution in [2.45, 2.75) is 18.6 Å². The second-order valence-corrected chi connectivity index (χ2v) is 2.25. The maximum atomic E-state index is 9.86. The molecule has 0 bridgehead atoms. The second-order valence-electron chi connectivity index (χ2n) is 2.25. The first-order chi connectivity index (χ1) is 5.24. The average molecular weight is 163 g/mol. The lowest BCUT2D eigenvalue weighted by molar-refractivity contribution is -0.769. The van der Waals surface area contributed by atoms with Gasteiger partial charge < -0.3 is 14.7 Å². The first kappa shape index (κ1) is 8.22. The Morgan fingerprint density at radius 3 is 3.09 bits per heavy atom. The zero-order chi connectivity index (χ0) is 8.27. The van der Waals surface area contributed by atoms with E-state index < -0.39 is 17.3 Å². The minimum Gasteiger partial charge on any atom is -0.394 e. The van der Waals surface area contributed by atoms with Gasteiger partial charge in [0.2, 0.25) is 0 Å². The molecular formula is C5H9NO5. The Morgan fingerprint density at radius 1 is 1.82 bits per heavy atom. The van der Waals surface area contributed by atoms with E-state index in [0.29, 0.717) is 13.0 Å². The predicted molar refractivity (Wildman–Crippen MR) is 33.3 cm³/mol. The van der Waals surface area contributed by atoms with Gasteiger partial charge in [-0.1, -0.05) is 0 Å². The molecule has 1 saturated heterocycles. The molecule has 1 fully saturated rings. The SMILES string of the molecule is O=[N+]([O-])OC1CCOC1CO. The highest BCUT2D eigenvalue weighted by Crippen LogP contribution is 2.16. The van der Waals surface area contributed by atoms with Gasteiger partial charge in [-0.25, -0.2) is 0 Å². The van der Waals surface area contributed by atoms with Crippen LogP contribution in [0.5, 0.6) is 0 Å². The van der Waals surface area contributed by atoms with E-state index in [1.165, 1.54) is 0 Å². The minimum atomic E-state index is -0.859. The topological polar surface area (TPSA) is 81.8 Å². The summed E-state index contributed by atoms with van der Waals surface area (Å²) in [6.45, 7) is 0.169. The summed E-state index contributed by atoms with van der Waals surface area (Å²) >= 11 is 0. The van der Waals surface area contributed by atoms with Crippen LogP contribution in [0.2, 0.25) is 0 Å². The molecule has 1 aliphatic rings. The van der Waals surface area contributed by atoms with Gasteiger partial charge >= 0.3 is 0 Å². The van der Waals surface area contributed by atoms with E-state index in [2.05, 4.69) is 4.84 Å². The zero-order valence-corrected chi connectivity index (χ0v) is 5.80. The molecule has 2 atom stereocenters. The third-order valence-corrected chi connectivity index (χ3v) is 1.55. The van der Waals surface area contributed by atoms with Gasteiger partial charge in [-0.3, -0.25) is 0 Å². The fraction of sp³-hybridized carbons (Fsp3) is 1.00. The quantitative estimate of drug-likeness (QED) is 0.441. The van der Waals surface area contributed by atoms with E-state index in [9.17, 15) is 10.1 Å². The molecule has 0 aliphatic carbocycles. The molecule has 0 radical (unpaired) electrons. The van der Waals surface area contributed by atoms with E-state index in [-0.39, 0.29) is 6.61 Å². The maximum Gasteiger partial charge on any atom is 0.294 e. The molecule has 0 saturated carbocycles. The molecule has 0 aromatic carbocycles. The summed E-state index contributed by atoms with van der Waals surface area (Å²) in [6.07, 6.45) is -0.679. The van der Waals surface area contributed by atoms with Crippen molar-refractivity contribution >= 4 is 0 Å². The zero-order valence-electron chi connectivity index (χ0n) is 5.80. The Balaban J connectivity index is 2.37. The van der Waals surface area contributed by atoms with Crippen molar-refractivity contribution in [1.82, 2.24) is 0 Å². The van der Waals surface area contributed by atoms with Crippen molar-refractivity contribution in [3.8, 4) is 0 Å². The highest BCUT2D eigenvalue weighted by atomic mass is 17.0. The van der Waals surface area contributed by atoms with Crippen LogP contribution in [0.3, 0.4) is 0 Å². The third-order valence-electron chi connectivity index (χ3n) is 1.55. The third kappa shape index (κ3) is 2.02. The largest absolute Gasteiger partial charge is 0.394 e. The lowest BCUT2D eigenvalue weighted by atomic mass is 10.2. The van der Waals surface area contributed by atoms with Crippen molar-refractivity contribution in [3.63, 3.8) is 0 Å². The fourth-order valence-corrected chi connectivity index (χ4v) is 1.03. The van der Waals surface area contributed by atoms with Crippen LogP contribution in [0.1, 0.15) is 6.42 Å². The molecule has 1 aliphatic heterocycles. The summed E-state index contributed by atoms with van der Waals surface area (Å²) in [5, 5.41) is 17.6. The number of aliphatic hydroxyl groups excluding tert-OH is 1. The van der Waals surface area contributed by atoms with Gasteiger partial charge in [0, 0.05) is 6.61 Å². The summed E-state index contributed by atoms with van der Waals surface area (Å²) in [5.41, 5.74) is 0. The Bertz CT molecular complexity index is 150. The number of nitrogens with zero attached hydrogens (tertiary/aromatic N) is 1. The molecule has 1 N–H and O–H groups in total. The highest BCUT2D eigenvalue weighted by Gasteiger charge is 2.30. The smallest absolute Gasteiger partial charge is 0.294 e. The number of hydrogen-bond donors (Lipinski definition) is 1. The van der Waals surface area contributed by atoms with Crippen molar-refractivity contribution in [2.75, 3.05) is 13.2 Å². The van der Waals surface area contributed by atoms with E-state index in [1.54, 1.807) is 0 Å². The summed E-state index contributed by atoms with van der Waals surface area (Å²) in [6, 6.07) is 0. The maximum absolute atomic E-state index is 9.86. The summed E-state index contributed by atoms with van der Waals surface area (Å²) in [5.74, 6) is 0. The van der Waals surface area contributed by atoms with E-state index in [4.69, 9.17) is 9.84 Å². The van der Waals surface area contributed by atoms with Gasteiger partial charge in [-0.05, 0) is 6.42 Å². The molecule has 0 spiro atoms. The molecule has 1 heterocycles. The molecule has 0 aromatic heterocycles. The van der Waals surface area contributed by atoms with Crippen LogP contribution in [0.4, 0.5) is 0 Å². The molecule has 1 rings (SSSR count). The Hall–Kier alpha value is -0.880. The number of rotatable bonds is 3. The monoisotopic (exact) mass is 163 g/mol. The van der Waals surface area contributed by atoms with Crippen LogP contribution in [-0.4, -0.2) is 35.6 Å². The van der Waals surface area contributed by atoms with Crippen LogP contribution < -0.4 is 0 Å². The van der Waals surface area contributed by atoms with Crippen LogP contribution in [0.15, 0.2) is 0 Å². The normalized spacial score (nSPS) is 30.3. The Kier molecular flexibility index (Phi) is 2.61. The Morgan fingerprint density at radius 2 is 2.55 bits per heavy atom. The molecular weight excluding hydrogens is 154 g/mol. The second kappa shape index (κ2) is 3.49. The lowest BCUT2D eigenvalue weighted by Gasteiger charge is -2.12. The fourth-order valence-electron chi connectivity index (χ4n) is 1.03. The van der Waals surface area contributed by atoms with Crippen molar-refractivity contribution < 1.29 is 19.8 Å². The summed E-state index contributed by atoms with van der Waals surface area (Å²) in [7, 11) is 0. The molecule has 0 amide bonds. The van der Waals surface area contributed by atoms with Crippen LogP contribution in [-0.2, 0) is 9.57 Å². The van der Waals surface area contributed by atoms with Crippen LogP contribution in [0, 0.1) is 10.1 Å². The predicted octanol–water partition coefficient (Wildman–Crippen LogP) is -0.655. The Labute approximate surface area is 62.8 Å². The van der Waals surface area contributed by atoms with Gasteiger partial charge in [0.05, 0.1) is 6.61 Å². The first-order valence-corrected chi connectivity index (χ1v) is 3.27. The average Bonchev–Trinajstić information content (AvgIpc) is 2.34. The first-order valence-electron chi connectivity index (χ1n) is 3.27. The van der Waals surface area contributed by atoms with Gasteiger partial charge in [0.1, 0.15) is 12.2 Å². The van der Waals surface area contributed by atoms with E-state index >= 15 is 0 Å². The van der Waals surface area contributed by atoms with Crippen molar-refractivity contribution in [3.05, 3.63) is 10.1 Å². The molecule has 6 nitrogen and oxygen atoms in total. The lowest BCUT2D eigenvalue weighted by Crippen LogP contribution is -2.29. The van der Waals surface area contributed by atoms with Crippen LogP contribution in [0.25, 0.3) is 0 Å². The van der Waals surface area contributed by atoms with Crippen LogP contribution >= 0.6 is 0 Å². The molecule has 6 heteroatoms.